The van der Waals surface area contributed by atoms with Crippen molar-refractivity contribution in [1.82, 2.24) is 15.3 Å². The number of carbonyl (C=O) groups excluding carboxylic acids is 3. The Kier molecular flexibility index (Phi) is 7.02. The van der Waals surface area contributed by atoms with Gasteiger partial charge in [0.1, 0.15) is 0 Å². The van der Waals surface area contributed by atoms with Crippen molar-refractivity contribution in [2.45, 2.75) is 13.8 Å². The molecule has 1 aromatic heterocycles. The number of hydrogen-bond donors (Lipinski definition) is 3. The Labute approximate surface area is 208 Å². The normalized spacial score (nSPS) is 10.4. The molecule has 3 aromatic carbocycles. The van der Waals surface area contributed by atoms with Crippen molar-refractivity contribution in [3.8, 4) is 34.9 Å². The maximum Gasteiger partial charge on any atom is 0.252 e. The molecule has 0 bridgehead atoms. The van der Waals surface area contributed by atoms with E-state index < -0.39 is 0 Å². The maximum absolute atomic E-state index is 12.4. The molecule has 0 saturated carbocycles. The van der Waals surface area contributed by atoms with Crippen molar-refractivity contribution in [2.24, 2.45) is 0 Å². The molecule has 0 aliphatic carbocycles. The number of fused-ring (bicyclic) bond motifs is 1. The standard InChI is InChI=1S/C28H23N5O3/c1-4-13-29-28(36)21-11-12-24-25(16-21)33-27(20-8-6-10-23(15-20)31-18(3)35)26(32-24)19-7-5-9-22(14-19)30-17(2)34/h1,5-12,14-16H,13H2,2-3H3,(H,29,36)(H,30,34)(H,31,35). The molecule has 0 aliphatic heterocycles. The molecule has 0 aliphatic rings. The maximum atomic E-state index is 12.4. The van der Waals surface area contributed by atoms with Crippen LogP contribution in [0, 0.1) is 12.3 Å². The van der Waals surface area contributed by atoms with Crippen molar-refractivity contribution >= 4 is 40.1 Å². The lowest BCUT2D eigenvalue weighted by molar-refractivity contribution is -0.115. The average Bonchev–Trinajstić information content (AvgIpc) is 2.85. The highest BCUT2D eigenvalue weighted by atomic mass is 16.2. The van der Waals surface area contributed by atoms with Gasteiger partial charge in [0.05, 0.1) is 29.0 Å². The molecule has 0 unspecified atom stereocenters. The number of aromatic nitrogens is 2. The largest absolute Gasteiger partial charge is 0.341 e. The van der Waals surface area contributed by atoms with E-state index in [-0.39, 0.29) is 24.3 Å². The molecule has 0 fully saturated rings. The summed E-state index contributed by atoms with van der Waals surface area (Å²) in [5.41, 5.74) is 5.35. The predicted octanol–water partition coefficient (Wildman–Crippen LogP) is 4.24. The number of carbonyl (C=O) groups is 3. The fraction of sp³-hybridized carbons (Fsp3) is 0.107. The van der Waals surface area contributed by atoms with Crippen LogP contribution in [0.4, 0.5) is 11.4 Å². The van der Waals surface area contributed by atoms with Crippen molar-refractivity contribution in [1.29, 1.82) is 0 Å². The third kappa shape index (κ3) is 5.54. The first kappa shape index (κ1) is 24.1. The number of terminal acetylenes is 1. The van der Waals surface area contributed by atoms with Gasteiger partial charge < -0.3 is 16.0 Å². The molecule has 0 saturated heterocycles. The van der Waals surface area contributed by atoms with E-state index in [1.807, 2.05) is 36.4 Å². The van der Waals surface area contributed by atoms with Gasteiger partial charge in [-0.2, -0.15) is 0 Å². The highest BCUT2D eigenvalue weighted by Crippen LogP contribution is 2.33. The van der Waals surface area contributed by atoms with Crippen LogP contribution in [0.25, 0.3) is 33.5 Å². The second kappa shape index (κ2) is 10.5. The monoisotopic (exact) mass is 477 g/mol. The summed E-state index contributed by atoms with van der Waals surface area (Å²) in [6.45, 7) is 3.00. The minimum atomic E-state index is -0.307. The Balaban J connectivity index is 1.90. The van der Waals surface area contributed by atoms with Crippen LogP contribution in [-0.4, -0.2) is 34.2 Å². The van der Waals surface area contributed by atoms with E-state index in [1.54, 1.807) is 30.3 Å². The molecule has 8 heteroatoms. The number of nitrogens with zero attached hydrogens (tertiary/aromatic N) is 2. The van der Waals surface area contributed by atoms with Gasteiger partial charge in [0.2, 0.25) is 11.8 Å². The molecule has 3 amide bonds. The summed E-state index contributed by atoms with van der Waals surface area (Å²) in [4.78, 5) is 45.4. The molecule has 0 atom stereocenters. The minimum Gasteiger partial charge on any atom is -0.341 e. The molecular weight excluding hydrogens is 454 g/mol. The van der Waals surface area contributed by atoms with Gasteiger partial charge in [0, 0.05) is 41.9 Å². The Morgan fingerprint density at radius 2 is 1.33 bits per heavy atom. The van der Waals surface area contributed by atoms with Gasteiger partial charge >= 0.3 is 0 Å². The zero-order valence-corrected chi connectivity index (χ0v) is 19.8. The van der Waals surface area contributed by atoms with Crippen molar-refractivity contribution in [2.75, 3.05) is 17.2 Å². The number of nitrogens with one attached hydrogen (secondary N) is 3. The summed E-state index contributed by atoms with van der Waals surface area (Å²) in [6.07, 6.45) is 5.24. The zero-order valence-electron chi connectivity index (χ0n) is 19.8. The Hall–Kier alpha value is -5.03. The first-order chi connectivity index (χ1) is 17.3. The number of hydrogen-bond acceptors (Lipinski definition) is 5. The molecule has 0 spiro atoms. The van der Waals surface area contributed by atoms with Crippen LogP contribution in [-0.2, 0) is 9.59 Å². The predicted molar refractivity (Wildman–Crippen MR) is 140 cm³/mol. The highest BCUT2D eigenvalue weighted by Gasteiger charge is 2.16. The van der Waals surface area contributed by atoms with E-state index >= 15 is 0 Å². The lowest BCUT2D eigenvalue weighted by Gasteiger charge is -2.13. The fourth-order valence-corrected chi connectivity index (χ4v) is 3.73. The average molecular weight is 478 g/mol. The molecular formula is C28H23N5O3. The van der Waals surface area contributed by atoms with E-state index in [0.717, 1.165) is 11.1 Å². The molecule has 8 nitrogen and oxygen atoms in total. The van der Waals surface area contributed by atoms with Gasteiger partial charge in [-0.3, -0.25) is 14.4 Å². The van der Waals surface area contributed by atoms with Crippen LogP contribution in [0.15, 0.2) is 66.7 Å². The topological polar surface area (TPSA) is 113 Å². The van der Waals surface area contributed by atoms with Crippen LogP contribution < -0.4 is 16.0 Å². The van der Waals surface area contributed by atoms with Crippen LogP contribution in [0.3, 0.4) is 0 Å². The third-order valence-corrected chi connectivity index (χ3v) is 5.19. The van der Waals surface area contributed by atoms with Crippen molar-refractivity contribution < 1.29 is 14.4 Å². The molecule has 0 radical (unpaired) electrons. The minimum absolute atomic E-state index is 0.118. The molecule has 3 N–H and O–H groups in total. The van der Waals surface area contributed by atoms with Gasteiger partial charge in [0.25, 0.3) is 5.91 Å². The molecule has 1 heterocycles. The van der Waals surface area contributed by atoms with Gasteiger partial charge in [-0.25, -0.2) is 9.97 Å². The summed E-state index contributed by atoms with van der Waals surface area (Å²) in [7, 11) is 0. The summed E-state index contributed by atoms with van der Waals surface area (Å²) < 4.78 is 0. The van der Waals surface area contributed by atoms with Gasteiger partial charge in [-0.05, 0) is 42.5 Å². The Bertz CT molecular complexity index is 1540. The van der Waals surface area contributed by atoms with Crippen LogP contribution >= 0.6 is 0 Å². The molecule has 36 heavy (non-hydrogen) atoms. The van der Waals surface area contributed by atoms with E-state index in [2.05, 4.69) is 21.9 Å². The second-order valence-corrected chi connectivity index (χ2v) is 8.04. The summed E-state index contributed by atoms with van der Waals surface area (Å²) >= 11 is 0. The van der Waals surface area contributed by atoms with Crippen LogP contribution in [0.5, 0.6) is 0 Å². The fourth-order valence-electron chi connectivity index (χ4n) is 3.73. The molecule has 178 valence electrons. The smallest absolute Gasteiger partial charge is 0.252 e. The number of anilines is 2. The second-order valence-electron chi connectivity index (χ2n) is 8.04. The lowest BCUT2D eigenvalue weighted by Crippen LogP contribution is -2.23. The number of amides is 3. The number of benzene rings is 3. The molecule has 4 rings (SSSR count). The SMILES string of the molecule is C#CCNC(=O)c1ccc2nc(-c3cccc(NC(C)=O)c3)c(-c3cccc(NC(C)=O)c3)nc2c1. The highest BCUT2D eigenvalue weighted by molar-refractivity contribution is 5.98. The Morgan fingerprint density at radius 1 is 0.778 bits per heavy atom. The van der Waals surface area contributed by atoms with Gasteiger partial charge in [0.15, 0.2) is 0 Å². The van der Waals surface area contributed by atoms with E-state index in [9.17, 15) is 14.4 Å². The van der Waals surface area contributed by atoms with Crippen LogP contribution in [0.1, 0.15) is 24.2 Å². The first-order valence-electron chi connectivity index (χ1n) is 11.1. The first-order valence-corrected chi connectivity index (χ1v) is 11.1. The van der Waals surface area contributed by atoms with Crippen LogP contribution in [0.2, 0.25) is 0 Å². The van der Waals surface area contributed by atoms with Crippen molar-refractivity contribution in [3.63, 3.8) is 0 Å². The van der Waals surface area contributed by atoms with E-state index in [0.29, 0.717) is 39.4 Å². The summed E-state index contributed by atoms with van der Waals surface area (Å²) in [6, 6.07) is 19.6. The van der Waals surface area contributed by atoms with Gasteiger partial charge in [-0.1, -0.05) is 30.2 Å². The number of rotatable bonds is 6. The van der Waals surface area contributed by atoms with E-state index in [1.165, 1.54) is 13.8 Å². The van der Waals surface area contributed by atoms with Gasteiger partial charge in [-0.15, -0.1) is 6.42 Å². The Morgan fingerprint density at radius 3 is 1.86 bits per heavy atom. The third-order valence-electron chi connectivity index (χ3n) is 5.19. The summed E-state index contributed by atoms with van der Waals surface area (Å²) in [5, 5.41) is 8.21. The quantitative estimate of drug-likeness (QED) is 0.360. The zero-order chi connectivity index (χ0) is 25.7. The lowest BCUT2D eigenvalue weighted by atomic mass is 10.0. The van der Waals surface area contributed by atoms with E-state index in [4.69, 9.17) is 16.4 Å². The molecule has 4 aromatic rings. The summed E-state index contributed by atoms with van der Waals surface area (Å²) in [5.74, 6) is 1.70. The van der Waals surface area contributed by atoms with Crippen molar-refractivity contribution in [3.05, 3.63) is 72.3 Å².